The van der Waals surface area contributed by atoms with Gasteiger partial charge in [0.15, 0.2) is 0 Å². The van der Waals surface area contributed by atoms with E-state index in [0.717, 1.165) is 118 Å². The SMILES string of the molecule is C=C(C)C(=O)OCCCC(F)(F)CCCSc1ccc2cc(-c3cccnc3)oc2c1.C=CC(=O)OCCCC(F)(F)CCCSc1ccc2cc(-c3ccc(CC)nc3CC)oc2c1.C=CC(=O)OCCCC(F)(F)CCCSc1ccc2cc(-c3cccnc3)oc2c1. The zero-order valence-corrected chi connectivity index (χ0v) is 56.1. The Kier molecular flexibility index (Phi) is 29.2. The maximum Gasteiger partial charge on any atom is 0.333 e. The molecule has 6 aromatic heterocycles. The zero-order valence-electron chi connectivity index (χ0n) is 53.6. The first-order chi connectivity index (χ1) is 45.6. The summed E-state index contributed by atoms with van der Waals surface area (Å²) in [5, 5.41) is 2.98. The van der Waals surface area contributed by atoms with Crippen molar-refractivity contribution in [3.63, 3.8) is 0 Å². The molecule has 0 aliphatic heterocycles. The van der Waals surface area contributed by atoms with E-state index in [1.54, 1.807) is 36.5 Å². The van der Waals surface area contributed by atoms with Crippen LogP contribution in [-0.2, 0) is 41.4 Å². The summed E-state index contributed by atoms with van der Waals surface area (Å²) in [5.41, 5.74) is 7.48. The van der Waals surface area contributed by atoms with Crippen molar-refractivity contribution in [2.75, 3.05) is 37.1 Å². The van der Waals surface area contributed by atoms with Gasteiger partial charge in [-0.2, -0.15) is 0 Å². The molecule has 3 aromatic carbocycles. The van der Waals surface area contributed by atoms with Crippen LogP contribution in [0.5, 0.6) is 0 Å². The van der Waals surface area contributed by atoms with Gasteiger partial charge in [-0.3, -0.25) is 15.0 Å². The largest absolute Gasteiger partial charge is 0.463 e. The smallest absolute Gasteiger partial charge is 0.333 e. The van der Waals surface area contributed by atoms with Gasteiger partial charge < -0.3 is 27.5 Å². The number of hydrogen-bond acceptors (Lipinski definition) is 15. The molecule has 9 rings (SSSR count). The molecular weight excluding hydrogens is 1290 g/mol. The topological polar surface area (TPSA) is 157 Å². The summed E-state index contributed by atoms with van der Waals surface area (Å²) in [5.74, 6) is -5.95. The van der Waals surface area contributed by atoms with Crippen molar-refractivity contribution in [1.82, 2.24) is 15.0 Å². The Morgan fingerprint density at radius 2 is 0.895 bits per heavy atom. The number of fused-ring (bicyclic) bond motifs is 3. The maximum absolute atomic E-state index is 14.0. The van der Waals surface area contributed by atoms with Crippen molar-refractivity contribution in [2.24, 2.45) is 0 Å². The fourth-order valence-corrected chi connectivity index (χ4v) is 12.3. The van der Waals surface area contributed by atoms with Gasteiger partial charge in [0.05, 0.1) is 25.5 Å². The van der Waals surface area contributed by atoms with E-state index in [2.05, 4.69) is 49.6 Å². The van der Waals surface area contributed by atoms with E-state index in [1.165, 1.54) is 30.4 Å². The summed E-state index contributed by atoms with van der Waals surface area (Å²) in [4.78, 5) is 49.0. The van der Waals surface area contributed by atoms with Gasteiger partial charge >= 0.3 is 17.9 Å². The van der Waals surface area contributed by atoms with E-state index in [1.807, 2.05) is 103 Å². The van der Waals surface area contributed by atoms with Crippen LogP contribution in [0.25, 0.3) is 66.9 Å². The summed E-state index contributed by atoms with van der Waals surface area (Å²) in [6.45, 7) is 15.7. The molecule has 504 valence electrons. The van der Waals surface area contributed by atoms with Crippen LogP contribution in [0.3, 0.4) is 0 Å². The van der Waals surface area contributed by atoms with Crippen LogP contribution in [0.15, 0.2) is 199 Å². The summed E-state index contributed by atoms with van der Waals surface area (Å²) in [6, 6.07) is 35.4. The number of alkyl halides is 6. The first kappa shape index (κ1) is 74.4. The summed E-state index contributed by atoms with van der Waals surface area (Å²) in [6.07, 6.45) is 10.8. The number of carbonyl (C=O) groups excluding carboxylic acids is 3. The van der Waals surface area contributed by atoms with E-state index >= 15 is 0 Å². The average Bonchev–Trinajstić information content (AvgIpc) is 1.70. The Balaban J connectivity index is 0.000000202. The molecule has 0 aliphatic carbocycles. The molecule has 0 saturated carbocycles. The molecule has 0 fully saturated rings. The van der Waals surface area contributed by atoms with Crippen LogP contribution < -0.4 is 0 Å². The van der Waals surface area contributed by atoms with E-state index < -0.39 is 35.7 Å². The molecule has 9 aromatic rings. The van der Waals surface area contributed by atoms with Gasteiger partial charge in [-0.1, -0.05) is 33.6 Å². The molecule has 21 heteroatoms. The van der Waals surface area contributed by atoms with Crippen molar-refractivity contribution in [3.05, 3.63) is 183 Å². The lowest BCUT2D eigenvalue weighted by molar-refractivity contribution is -0.140. The minimum Gasteiger partial charge on any atom is -0.463 e. The van der Waals surface area contributed by atoms with Crippen LogP contribution in [-0.4, -0.2) is 87.7 Å². The lowest BCUT2D eigenvalue weighted by Crippen LogP contribution is -2.17. The average molecular weight is 1360 g/mol. The molecule has 0 bridgehead atoms. The normalized spacial score (nSPS) is 11.6. The lowest BCUT2D eigenvalue weighted by atomic mass is 10.1. The Morgan fingerprint density at radius 3 is 1.26 bits per heavy atom. The summed E-state index contributed by atoms with van der Waals surface area (Å²) >= 11 is 4.60. The third kappa shape index (κ3) is 24.9. The van der Waals surface area contributed by atoms with Crippen molar-refractivity contribution >= 4 is 86.1 Å². The minimum atomic E-state index is -2.76. The molecule has 0 saturated heterocycles. The zero-order chi connectivity index (χ0) is 68.2. The molecule has 0 N–H and O–H groups in total. The van der Waals surface area contributed by atoms with Crippen molar-refractivity contribution < 1.29 is 68.2 Å². The van der Waals surface area contributed by atoms with Crippen LogP contribution in [0.1, 0.15) is 109 Å². The quantitative estimate of drug-likeness (QED) is 0.00922. The molecule has 95 heavy (non-hydrogen) atoms. The number of benzene rings is 3. The molecule has 0 amide bonds. The van der Waals surface area contributed by atoms with Gasteiger partial charge in [0.2, 0.25) is 17.8 Å². The number of ether oxygens (including phenoxy) is 3. The molecule has 0 unspecified atom stereocenters. The number of aromatic nitrogens is 3. The van der Waals surface area contributed by atoms with Crippen LogP contribution >= 0.6 is 35.3 Å². The maximum atomic E-state index is 14.0. The third-order valence-corrected chi connectivity index (χ3v) is 17.9. The predicted octanol–water partition coefficient (Wildman–Crippen LogP) is 21.1. The first-order valence-electron chi connectivity index (χ1n) is 31.5. The van der Waals surface area contributed by atoms with Gasteiger partial charge in [-0.05, 0) is 185 Å². The molecule has 12 nitrogen and oxygen atoms in total. The fourth-order valence-electron chi connectivity index (χ4n) is 9.66. The number of aryl methyl sites for hydroxylation is 2. The van der Waals surface area contributed by atoms with Gasteiger partial charge in [0, 0.05) is 134 Å². The second kappa shape index (κ2) is 37.3. The molecule has 6 heterocycles. The van der Waals surface area contributed by atoms with E-state index in [-0.39, 0.29) is 83.2 Å². The van der Waals surface area contributed by atoms with Crippen LogP contribution in [0.2, 0.25) is 0 Å². The fraction of sp³-hybridized carbons (Fsp3) is 0.351. The number of esters is 3. The number of halogens is 6. The Morgan fingerprint density at radius 1 is 0.505 bits per heavy atom. The highest BCUT2D eigenvalue weighted by molar-refractivity contribution is 7.99. The number of nitrogens with zero attached hydrogens (tertiary/aromatic N) is 3. The van der Waals surface area contributed by atoms with Crippen molar-refractivity contribution in [2.45, 2.75) is 143 Å². The highest BCUT2D eigenvalue weighted by atomic mass is 32.2. The number of hydrogen-bond donors (Lipinski definition) is 0. The van der Waals surface area contributed by atoms with Crippen molar-refractivity contribution in [3.8, 4) is 34.0 Å². The highest BCUT2D eigenvalue weighted by Crippen LogP contribution is 2.37. The second-order valence-corrected chi connectivity index (χ2v) is 25.8. The van der Waals surface area contributed by atoms with E-state index in [4.69, 9.17) is 32.4 Å². The standard InChI is InChI=1S/C27H31F2NO3S.C24H25F2NO3S.C23H23F2NO3S/c1-4-20-10-12-22(23(5-2)30-20)25-17-19-9-11-21(18-24(19)33-25)34-16-8-14-27(28,29)13-7-15-32-26(31)6-3;1-17(2)23(28)29-12-4-9-24(25,26)10-5-13-31-20-8-7-18-14-21(30-22(18)15-20)19-6-3-11-27-16-19;1-2-22(27)28-12-4-9-23(24,25)10-5-13-30-19-8-7-17-14-20(29-21(17)15-19)18-6-3-11-26-16-18/h6,9-12,17-18H,3-5,7-8,13-16H2,1-2H3;3,6-8,11,14-16H,1,4-5,9-10,12-13H2,2H3;2-3,6-8,11,14-16H,1,4-5,9-10,12-13H2. The molecule has 0 atom stereocenters. The number of furan rings is 3. The third-order valence-electron chi connectivity index (χ3n) is 14.7. The Labute approximate surface area is 563 Å². The Bertz CT molecular complexity index is 3950. The van der Waals surface area contributed by atoms with Crippen LogP contribution in [0, 0.1) is 0 Å². The highest BCUT2D eigenvalue weighted by Gasteiger charge is 2.30. The van der Waals surface area contributed by atoms with Gasteiger partial charge in [0.25, 0.3) is 0 Å². The monoisotopic (exact) mass is 1360 g/mol. The van der Waals surface area contributed by atoms with Crippen LogP contribution in [0.4, 0.5) is 26.3 Å². The number of pyridine rings is 3. The second-order valence-electron chi connectivity index (χ2n) is 22.3. The van der Waals surface area contributed by atoms with E-state index in [0.29, 0.717) is 36.5 Å². The number of thioether (sulfide) groups is 3. The summed E-state index contributed by atoms with van der Waals surface area (Å²) in [7, 11) is 0. The molecular formula is C74H79F6N3O9S3. The first-order valence-corrected chi connectivity index (χ1v) is 34.4. The van der Waals surface area contributed by atoms with E-state index in [9.17, 15) is 40.7 Å². The van der Waals surface area contributed by atoms with Gasteiger partial charge in [-0.15, -0.1) is 35.3 Å². The molecule has 0 aliphatic rings. The number of rotatable bonds is 35. The predicted molar refractivity (Wildman–Crippen MR) is 368 cm³/mol. The molecule has 0 radical (unpaired) electrons. The van der Waals surface area contributed by atoms with Gasteiger partial charge in [-0.25, -0.2) is 40.7 Å². The molecule has 0 spiro atoms. The Hall–Kier alpha value is -8.01. The summed E-state index contributed by atoms with van der Waals surface area (Å²) < 4.78 is 116. The lowest BCUT2D eigenvalue weighted by Gasteiger charge is -2.16. The van der Waals surface area contributed by atoms with Crippen molar-refractivity contribution in [1.29, 1.82) is 0 Å². The number of carbonyl (C=O) groups is 3. The minimum absolute atomic E-state index is 0.0137. The van der Waals surface area contributed by atoms with Gasteiger partial charge in [0.1, 0.15) is 34.0 Å².